The molecule has 0 saturated carbocycles. The van der Waals surface area contributed by atoms with Crippen LogP contribution in [0.3, 0.4) is 0 Å². The van der Waals surface area contributed by atoms with Crippen molar-refractivity contribution in [2.75, 3.05) is 0 Å². The van der Waals surface area contributed by atoms with Gasteiger partial charge in [0.1, 0.15) is 0 Å². The summed E-state index contributed by atoms with van der Waals surface area (Å²) in [4.78, 5) is 0. The van der Waals surface area contributed by atoms with Gasteiger partial charge in [-0.2, -0.15) is 0 Å². The van der Waals surface area contributed by atoms with E-state index in [2.05, 4.69) is 153 Å². The Labute approximate surface area is 318 Å². The zero-order chi connectivity index (χ0) is 32.5. The predicted octanol–water partition coefficient (Wildman–Crippen LogP) is 6.49. The van der Waals surface area contributed by atoms with Crippen LogP contribution in [0, 0.1) is 0 Å². The summed E-state index contributed by atoms with van der Waals surface area (Å²) in [5.74, 6) is 0. The van der Waals surface area contributed by atoms with Gasteiger partial charge in [-0.15, -0.1) is 0 Å². The minimum atomic E-state index is -2.81. The Morgan fingerprint density at radius 1 is 0.600 bits per heavy atom. The van der Waals surface area contributed by atoms with E-state index >= 15 is 0 Å². The zero-order valence-electron chi connectivity index (χ0n) is 29.1. The van der Waals surface area contributed by atoms with Crippen LogP contribution in [0.25, 0.3) is 32.7 Å². The Morgan fingerprint density at radius 2 is 1.12 bits per heavy atom. The second kappa shape index (κ2) is 16.3. The van der Waals surface area contributed by atoms with Crippen molar-refractivity contribution in [2.45, 2.75) is 62.4 Å². The number of benzene rings is 6. The molecule has 1 atom stereocenters. The van der Waals surface area contributed by atoms with Crippen LogP contribution in [-0.2, 0) is 34.1 Å². The standard InChI is InChI=1S/C21H13.C21H26.C5H5.2ClH.Zr/c1-2-8-15-14(7-1)13-20-18-11-4-3-9-16(18)17-10-5-6-12-19(17)21(15)20;1-3-5-7-18-9-13-20(14-10-18)17-21-15-11-19(12-16-21)8-6-4-2;1-2-4-5-3-1;;;/h1-13H;9-16H,3-8H2,1-2H3;1-3H,4H2;2*1H;/q;;;;;+2/p-2. The number of fused-ring (bicyclic) bond motifs is 8. The van der Waals surface area contributed by atoms with Gasteiger partial charge in [0, 0.05) is 0 Å². The molecular weight excluding hydrogens is 727 g/mol. The Kier molecular flexibility index (Phi) is 11.9. The molecule has 0 radical (unpaired) electrons. The van der Waals surface area contributed by atoms with Gasteiger partial charge in [0.15, 0.2) is 0 Å². The van der Waals surface area contributed by atoms with Crippen molar-refractivity contribution in [1.29, 1.82) is 0 Å². The normalized spacial score (nSPS) is 13.9. The van der Waals surface area contributed by atoms with Crippen molar-refractivity contribution in [2.24, 2.45) is 0 Å². The Bertz CT molecular complexity index is 2170. The van der Waals surface area contributed by atoms with Gasteiger partial charge in [-0.05, 0) is 0 Å². The average molecular weight is 771 g/mol. The van der Waals surface area contributed by atoms with Crippen LogP contribution in [0.2, 0.25) is 0 Å². The number of aryl methyl sites for hydroxylation is 2. The number of rotatable bonds is 10. The van der Waals surface area contributed by atoms with E-state index in [1.165, 1.54) is 86.2 Å². The van der Waals surface area contributed by atoms with E-state index in [0.717, 1.165) is 19.3 Å². The fourth-order valence-electron chi connectivity index (χ4n) is 8.24. The molecule has 0 spiro atoms. The first-order valence-corrected chi connectivity index (χ1v) is 22.0. The predicted molar refractivity (Wildman–Crippen MR) is 204 cm³/mol. The van der Waals surface area contributed by atoms with Gasteiger partial charge in [0.25, 0.3) is 0 Å². The summed E-state index contributed by atoms with van der Waals surface area (Å²) in [6.45, 7) is 4.58. The molecule has 0 aromatic heterocycles. The molecule has 3 heteroatoms. The summed E-state index contributed by atoms with van der Waals surface area (Å²) in [5, 5.41) is 5.57. The van der Waals surface area contributed by atoms with E-state index in [4.69, 9.17) is 0 Å². The number of hydrogen-bond donors (Lipinski definition) is 0. The molecule has 0 bridgehead atoms. The molecular formula is C47H44Cl2Zr. The minimum absolute atomic E-state index is 0. The topological polar surface area (TPSA) is 0 Å². The first kappa shape index (κ1) is 36.4. The third kappa shape index (κ3) is 6.70. The maximum Gasteiger partial charge on any atom is -1.00 e. The van der Waals surface area contributed by atoms with E-state index in [9.17, 15) is 0 Å². The molecule has 2 aliphatic rings. The molecule has 0 heterocycles. The van der Waals surface area contributed by atoms with Crippen molar-refractivity contribution < 1.29 is 46.1 Å². The maximum absolute atomic E-state index is 2.81. The summed E-state index contributed by atoms with van der Waals surface area (Å²) < 4.78 is 3.72. The van der Waals surface area contributed by atoms with Crippen LogP contribution in [0.4, 0.5) is 0 Å². The zero-order valence-corrected chi connectivity index (χ0v) is 33.0. The Hall–Kier alpha value is -3.35. The van der Waals surface area contributed by atoms with Crippen molar-refractivity contribution in [3.05, 3.63) is 176 Å². The summed E-state index contributed by atoms with van der Waals surface area (Å²) in [6, 6.07) is 47.3. The number of unbranched alkanes of at least 4 members (excludes halogenated alkanes) is 2. The molecule has 0 nitrogen and oxygen atoms in total. The third-order valence-electron chi connectivity index (χ3n) is 10.6. The molecule has 0 amide bonds. The summed E-state index contributed by atoms with van der Waals surface area (Å²) in [7, 11) is 0. The number of allylic oxidation sites excluding steroid dienone is 4. The van der Waals surface area contributed by atoms with Crippen molar-refractivity contribution in [3.8, 4) is 11.1 Å². The molecule has 0 saturated heterocycles. The summed E-state index contributed by atoms with van der Waals surface area (Å²) in [6.07, 6.45) is 15.5. The third-order valence-corrected chi connectivity index (χ3v) is 18.8. The second-order valence-corrected chi connectivity index (χ2v) is 19.9. The van der Waals surface area contributed by atoms with E-state index in [1.54, 1.807) is 12.1 Å². The second-order valence-electron chi connectivity index (χ2n) is 13.6. The molecule has 0 N–H and O–H groups in total. The molecule has 50 heavy (non-hydrogen) atoms. The first-order valence-electron chi connectivity index (χ1n) is 18.1. The van der Waals surface area contributed by atoms with Crippen molar-refractivity contribution in [3.63, 3.8) is 0 Å². The van der Waals surface area contributed by atoms with Gasteiger partial charge in [0.2, 0.25) is 0 Å². The van der Waals surface area contributed by atoms with Crippen LogP contribution >= 0.6 is 0 Å². The van der Waals surface area contributed by atoms with Crippen molar-refractivity contribution >= 4 is 24.8 Å². The molecule has 1 unspecified atom stereocenters. The van der Waals surface area contributed by atoms with Crippen LogP contribution < -0.4 is 24.8 Å². The van der Waals surface area contributed by atoms with E-state index < -0.39 is 21.3 Å². The maximum atomic E-state index is 2.50. The number of halogens is 2. The van der Waals surface area contributed by atoms with Gasteiger partial charge in [-0.3, -0.25) is 0 Å². The van der Waals surface area contributed by atoms with Crippen LogP contribution in [0.5, 0.6) is 0 Å². The monoisotopic (exact) mass is 768 g/mol. The van der Waals surface area contributed by atoms with Crippen LogP contribution in [-0.4, -0.2) is 3.21 Å². The quantitative estimate of drug-likeness (QED) is 0.140. The fourth-order valence-corrected chi connectivity index (χ4v) is 17.3. The largest absolute Gasteiger partial charge is 1.00 e. The van der Waals surface area contributed by atoms with E-state index in [0.29, 0.717) is 3.63 Å². The minimum Gasteiger partial charge on any atom is -1.00 e. The van der Waals surface area contributed by atoms with Crippen LogP contribution in [0.15, 0.2) is 143 Å². The SMILES string of the molecule is CCCCc1ccc([C](c2ccc(CCCC)cc2)=[Zr+2]([C]2=CC=CC2)[CH]2c3ccccc3-c3c2c2ccccc2c2ccccc32)cc1.[Cl-].[Cl-]. The molecule has 250 valence electrons. The molecule has 0 aliphatic heterocycles. The van der Waals surface area contributed by atoms with Crippen LogP contribution in [0.1, 0.15) is 83.0 Å². The smallest absolute Gasteiger partial charge is 1.00 e. The van der Waals surface area contributed by atoms with Gasteiger partial charge in [-0.1, -0.05) is 0 Å². The van der Waals surface area contributed by atoms with Gasteiger partial charge < -0.3 is 24.8 Å². The molecule has 0 fully saturated rings. The van der Waals surface area contributed by atoms with Crippen molar-refractivity contribution in [1.82, 2.24) is 0 Å². The summed E-state index contributed by atoms with van der Waals surface area (Å²) >= 11 is -2.81. The van der Waals surface area contributed by atoms with E-state index in [1.807, 2.05) is 0 Å². The average Bonchev–Trinajstić information content (AvgIpc) is 3.80. The molecule has 6 aromatic rings. The van der Waals surface area contributed by atoms with Gasteiger partial charge in [-0.25, -0.2) is 0 Å². The van der Waals surface area contributed by atoms with E-state index in [-0.39, 0.29) is 24.8 Å². The first-order chi connectivity index (χ1) is 23.8. The van der Waals surface area contributed by atoms with Gasteiger partial charge >= 0.3 is 296 Å². The molecule has 8 rings (SSSR count). The Morgan fingerprint density at radius 3 is 1.68 bits per heavy atom. The van der Waals surface area contributed by atoms with Gasteiger partial charge in [0.05, 0.1) is 0 Å². The number of hydrogen-bond acceptors (Lipinski definition) is 0. The fraction of sp³-hybridized carbons (Fsp3) is 0.213. The molecule has 6 aromatic carbocycles. The molecule has 2 aliphatic carbocycles. The summed E-state index contributed by atoms with van der Waals surface area (Å²) in [5.41, 5.74) is 11.8. The Balaban J connectivity index is 0.00000216.